The summed E-state index contributed by atoms with van der Waals surface area (Å²) in [5.74, 6) is 0.806. The SMILES string of the molecule is Cc1nccc(CN2CC(n3cc(C#N)cn3)C2)n1. The van der Waals surface area contributed by atoms with Crippen molar-refractivity contribution in [2.45, 2.75) is 19.5 Å². The molecule has 3 rings (SSSR count). The number of nitriles is 1. The minimum absolute atomic E-state index is 0.366. The van der Waals surface area contributed by atoms with E-state index in [0.717, 1.165) is 31.2 Å². The quantitative estimate of drug-likeness (QED) is 0.814. The second-order valence-corrected chi connectivity index (χ2v) is 4.76. The van der Waals surface area contributed by atoms with E-state index in [0.29, 0.717) is 11.6 Å². The molecule has 19 heavy (non-hydrogen) atoms. The lowest BCUT2D eigenvalue weighted by molar-refractivity contribution is 0.0894. The van der Waals surface area contributed by atoms with Gasteiger partial charge in [0.2, 0.25) is 0 Å². The first-order chi connectivity index (χ1) is 9.24. The molecule has 6 heteroatoms. The Bertz CT molecular complexity index is 620. The van der Waals surface area contributed by atoms with Crippen LogP contribution in [0.3, 0.4) is 0 Å². The van der Waals surface area contributed by atoms with Gasteiger partial charge in [0.15, 0.2) is 0 Å². The molecule has 0 aliphatic carbocycles. The van der Waals surface area contributed by atoms with E-state index in [1.54, 1.807) is 18.6 Å². The van der Waals surface area contributed by atoms with Crippen LogP contribution in [-0.4, -0.2) is 37.7 Å². The van der Waals surface area contributed by atoms with Gasteiger partial charge in [-0.3, -0.25) is 9.58 Å². The summed E-state index contributed by atoms with van der Waals surface area (Å²) >= 11 is 0. The van der Waals surface area contributed by atoms with Gasteiger partial charge in [0.05, 0.1) is 23.5 Å². The van der Waals surface area contributed by atoms with E-state index in [9.17, 15) is 0 Å². The van der Waals surface area contributed by atoms with Crippen LogP contribution in [0.2, 0.25) is 0 Å². The Kier molecular flexibility index (Phi) is 2.97. The first kappa shape index (κ1) is 11.8. The Morgan fingerprint density at radius 2 is 2.32 bits per heavy atom. The summed E-state index contributed by atoms with van der Waals surface area (Å²) in [7, 11) is 0. The molecule has 0 atom stereocenters. The number of hydrogen-bond donors (Lipinski definition) is 0. The molecule has 1 aliphatic heterocycles. The zero-order chi connectivity index (χ0) is 13.2. The summed E-state index contributed by atoms with van der Waals surface area (Å²) in [6, 6.07) is 4.41. The third-order valence-corrected chi connectivity index (χ3v) is 3.26. The van der Waals surface area contributed by atoms with Crippen LogP contribution < -0.4 is 0 Å². The summed E-state index contributed by atoms with van der Waals surface area (Å²) < 4.78 is 1.88. The van der Waals surface area contributed by atoms with Crippen LogP contribution in [0.25, 0.3) is 0 Å². The van der Waals surface area contributed by atoms with E-state index in [1.807, 2.05) is 17.7 Å². The number of likely N-dealkylation sites (tertiary alicyclic amines) is 1. The van der Waals surface area contributed by atoms with Crippen LogP contribution in [0.4, 0.5) is 0 Å². The molecular weight excluding hydrogens is 240 g/mol. The number of aryl methyl sites for hydroxylation is 1. The molecule has 0 amide bonds. The highest BCUT2D eigenvalue weighted by Gasteiger charge is 2.28. The molecule has 1 saturated heterocycles. The Balaban J connectivity index is 1.57. The average molecular weight is 254 g/mol. The second kappa shape index (κ2) is 4.78. The molecule has 96 valence electrons. The van der Waals surface area contributed by atoms with Gasteiger partial charge in [0.25, 0.3) is 0 Å². The van der Waals surface area contributed by atoms with Crippen LogP contribution in [0.5, 0.6) is 0 Å². The minimum atomic E-state index is 0.366. The Morgan fingerprint density at radius 3 is 3.00 bits per heavy atom. The molecular formula is C13H14N6. The van der Waals surface area contributed by atoms with Gasteiger partial charge in [-0.2, -0.15) is 10.4 Å². The summed E-state index contributed by atoms with van der Waals surface area (Å²) in [4.78, 5) is 10.8. The lowest BCUT2D eigenvalue weighted by atomic mass is 10.1. The van der Waals surface area contributed by atoms with Gasteiger partial charge in [-0.1, -0.05) is 0 Å². The molecule has 0 saturated carbocycles. The maximum atomic E-state index is 8.77. The average Bonchev–Trinajstić information content (AvgIpc) is 2.81. The van der Waals surface area contributed by atoms with Crippen molar-refractivity contribution in [2.75, 3.05) is 13.1 Å². The van der Waals surface area contributed by atoms with E-state index in [4.69, 9.17) is 5.26 Å². The molecule has 0 unspecified atom stereocenters. The van der Waals surface area contributed by atoms with Crippen LogP contribution in [-0.2, 0) is 6.54 Å². The van der Waals surface area contributed by atoms with E-state index in [-0.39, 0.29) is 0 Å². The van der Waals surface area contributed by atoms with Crippen molar-refractivity contribution in [3.63, 3.8) is 0 Å². The maximum Gasteiger partial charge on any atom is 0.125 e. The van der Waals surface area contributed by atoms with Gasteiger partial charge in [-0.15, -0.1) is 0 Å². The van der Waals surface area contributed by atoms with Gasteiger partial charge in [-0.25, -0.2) is 9.97 Å². The van der Waals surface area contributed by atoms with Crippen molar-refractivity contribution in [2.24, 2.45) is 0 Å². The largest absolute Gasteiger partial charge is 0.293 e. The molecule has 2 aromatic rings. The predicted molar refractivity (Wildman–Crippen MR) is 68.0 cm³/mol. The molecule has 0 spiro atoms. The van der Waals surface area contributed by atoms with Gasteiger partial charge in [-0.05, 0) is 13.0 Å². The van der Waals surface area contributed by atoms with Crippen LogP contribution in [0.15, 0.2) is 24.7 Å². The first-order valence-electron chi connectivity index (χ1n) is 6.20. The molecule has 0 radical (unpaired) electrons. The van der Waals surface area contributed by atoms with Crippen LogP contribution in [0, 0.1) is 18.3 Å². The van der Waals surface area contributed by atoms with Gasteiger partial charge in [0, 0.05) is 32.0 Å². The number of hydrogen-bond acceptors (Lipinski definition) is 5. The summed E-state index contributed by atoms with van der Waals surface area (Å²) in [5, 5.41) is 13.0. The summed E-state index contributed by atoms with van der Waals surface area (Å²) in [6.07, 6.45) is 5.20. The Labute approximate surface area is 111 Å². The number of aromatic nitrogens is 4. The molecule has 3 heterocycles. The highest BCUT2D eigenvalue weighted by molar-refractivity contribution is 5.22. The van der Waals surface area contributed by atoms with Crippen molar-refractivity contribution >= 4 is 0 Å². The van der Waals surface area contributed by atoms with Crippen molar-refractivity contribution in [3.8, 4) is 6.07 Å². The molecule has 1 fully saturated rings. The lowest BCUT2D eigenvalue weighted by Gasteiger charge is -2.38. The highest BCUT2D eigenvalue weighted by Crippen LogP contribution is 2.22. The lowest BCUT2D eigenvalue weighted by Crippen LogP contribution is -2.47. The molecule has 0 aromatic carbocycles. The van der Waals surface area contributed by atoms with Crippen LogP contribution >= 0.6 is 0 Å². The third kappa shape index (κ3) is 2.46. The minimum Gasteiger partial charge on any atom is -0.293 e. The molecule has 1 aliphatic rings. The fraction of sp³-hybridized carbons (Fsp3) is 0.385. The van der Waals surface area contributed by atoms with Gasteiger partial charge in [0.1, 0.15) is 11.9 Å². The fourth-order valence-electron chi connectivity index (χ4n) is 2.26. The van der Waals surface area contributed by atoms with E-state index in [2.05, 4.69) is 26.0 Å². The number of nitrogens with zero attached hydrogens (tertiary/aromatic N) is 6. The van der Waals surface area contributed by atoms with Crippen molar-refractivity contribution < 1.29 is 0 Å². The van der Waals surface area contributed by atoms with Crippen LogP contribution in [0.1, 0.15) is 23.1 Å². The molecule has 2 aromatic heterocycles. The summed E-state index contributed by atoms with van der Waals surface area (Å²) in [6.45, 7) is 4.62. The highest BCUT2D eigenvalue weighted by atomic mass is 15.4. The standard InChI is InChI=1S/C13H14N6/c1-10-15-3-2-12(17-10)7-18-8-13(9-18)19-6-11(4-14)5-16-19/h2-3,5-6,13H,7-9H2,1H3. The van der Waals surface area contributed by atoms with Crippen molar-refractivity contribution in [1.82, 2.24) is 24.6 Å². The monoisotopic (exact) mass is 254 g/mol. The Morgan fingerprint density at radius 1 is 1.47 bits per heavy atom. The van der Waals surface area contributed by atoms with Crippen molar-refractivity contribution in [3.05, 3.63) is 41.7 Å². The van der Waals surface area contributed by atoms with E-state index < -0.39 is 0 Å². The zero-order valence-electron chi connectivity index (χ0n) is 10.7. The topological polar surface area (TPSA) is 70.6 Å². The molecule has 0 bridgehead atoms. The number of rotatable bonds is 3. The molecule has 0 N–H and O–H groups in total. The van der Waals surface area contributed by atoms with Gasteiger partial charge < -0.3 is 0 Å². The van der Waals surface area contributed by atoms with Crippen molar-refractivity contribution in [1.29, 1.82) is 5.26 Å². The maximum absolute atomic E-state index is 8.77. The molecule has 6 nitrogen and oxygen atoms in total. The first-order valence-corrected chi connectivity index (χ1v) is 6.20. The smallest absolute Gasteiger partial charge is 0.125 e. The predicted octanol–water partition coefficient (Wildman–Crippen LogP) is 0.910. The fourth-order valence-corrected chi connectivity index (χ4v) is 2.26. The zero-order valence-corrected chi connectivity index (χ0v) is 10.7. The van der Waals surface area contributed by atoms with E-state index >= 15 is 0 Å². The normalized spacial score (nSPS) is 16.0. The Hall–Kier alpha value is -2.26. The summed E-state index contributed by atoms with van der Waals surface area (Å²) in [5.41, 5.74) is 1.66. The van der Waals surface area contributed by atoms with E-state index in [1.165, 1.54) is 0 Å². The second-order valence-electron chi connectivity index (χ2n) is 4.76. The van der Waals surface area contributed by atoms with Gasteiger partial charge >= 0.3 is 0 Å². The third-order valence-electron chi connectivity index (χ3n) is 3.26.